The van der Waals surface area contributed by atoms with Crippen molar-refractivity contribution >= 4 is 22.7 Å². The van der Waals surface area contributed by atoms with Crippen molar-refractivity contribution in [1.82, 2.24) is 15.8 Å². The molecule has 1 aromatic heterocycles. The van der Waals surface area contributed by atoms with E-state index < -0.39 is 11.8 Å². The van der Waals surface area contributed by atoms with Crippen molar-refractivity contribution in [1.29, 1.82) is 0 Å². The van der Waals surface area contributed by atoms with Crippen molar-refractivity contribution in [2.75, 3.05) is 19.8 Å². The number of amides is 2. The zero-order valence-corrected chi connectivity index (χ0v) is 19.0. The maximum atomic E-state index is 12.7. The van der Waals surface area contributed by atoms with Gasteiger partial charge in [-0.15, -0.1) is 0 Å². The second kappa shape index (κ2) is 10.1. The van der Waals surface area contributed by atoms with Crippen molar-refractivity contribution in [2.24, 2.45) is 0 Å². The molecule has 32 heavy (non-hydrogen) atoms. The van der Waals surface area contributed by atoms with Gasteiger partial charge < -0.3 is 19.2 Å². The molecule has 3 N–H and O–H groups in total. The van der Waals surface area contributed by atoms with Gasteiger partial charge >= 0.3 is 0 Å². The number of H-pyrrole nitrogens is 1. The van der Waals surface area contributed by atoms with Gasteiger partial charge in [0.1, 0.15) is 5.69 Å². The van der Waals surface area contributed by atoms with Crippen LogP contribution in [0.5, 0.6) is 17.2 Å². The van der Waals surface area contributed by atoms with Gasteiger partial charge in [-0.2, -0.15) is 0 Å². The monoisotopic (exact) mass is 439 g/mol. The van der Waals surface area contributed by atoms with Gasteiger partial charge in [-0.05, 0) is 70.0 Å². The number of nitrogens with one attached hydrogen (secondary N) is 3. The Hall–Kier alpha value is -3.68. The third kappa shape index (κ3) is 4.96. The Morgan fingerprint density at radius 2 is 1.41 bits per heavy atom. The van der Waals surface area contributed by atoms with E-state index in [0.29, 0.717) is 42.8 Å². The summed E-state index contributed by atoms with van der Waals surface area (Å²) in [6.07, 6.45) is 0. The standard InChI is InChI=1S/C24H29N3O5/c1-6-30-20-11-16(12-21(31-7-2)22(20)32-8-3)23(28)26-27-24(29)19-13-17-15(5)9-14(4)10-18(17)25-19/h9-13,25H,6-8H2,1-5H3,(H,26,28)(H,27,29). The minimum atomic E-state index is -0.508. The first-order valence-electron chi connectivity index (χ1n) is 10.6. The van der Waals surface area contributed by atoms with Gasteiger partial charge in [0.15, 0.2) is 11.5 Å². The smallest absolute Gasteiger partial charge is 0.286 e. The average molecular weight is 440 g/mol. The fourth-order valence-electron chi connectivity index (χ4n) is 3.49. The van der Waals surface area contributed by atoms with E-state index in [4.69, 9.17) is 14.2 Å². The van der Waals surface area contributed by atoms with E-state index in [9.17, 15) is 9.59 Å². The number of hydrazine groups is 1. The number of aromatic amines is 1. The van der Waals surface area contributed by atoms with Crippen LogP contribution in [-0.2, 0) is 0 Å². The van der Waals surface area contributed by atoms with Crippen LogP contribution in [0, 0.1) is 13.8 Å². The largest absolute Gasteiger partial charge is 0.490 e. The van der Waals surface area contributed by atoms with Crippen LogP contribution in [0.1, 0.15) is 52.7 Å². The number of carbonyl (C=O) groups is 2. The molecule has 0 spiro atoms. The summed E-state index contributed by atoms with van der Waals surface area (Å²) in [5.74, 6) is 0.288. The van der Waals surface area contributed by atoms with Crippen LogP contribution in [-0.4, -0.2) is 36.6 Å². The normalized spacial score (nSPS) is 10.7. The molecule has 0 bridgehead atoms. The molecule has 0 aliphatic carbocycles. The van der Waals surface area contributed by atoms with E-state index in [2.05, 4.69) is 21.9 Å². The first kappa shape index (κ1) is 23.0. The maximum Gasteiger partial charge on any atom is 0.286 e. The number of fused-ring (bicyclic) bond motifs is 1. The lowest BCUT2D eigenvalue weighted by atomic mass is 10.1. The van der Waals surface area contributed by atoms with Gasteiger partial charge in [0, 0.05) is 16.5 Å². The summed E-state index contributed by atoms with van der Waals surface area (Å²) in [7, 11) is 0. The highest BCUT2D eigenvalue weighted by Gasteiger charge is 2.19. The molecule has 0 unspecified atom stereocenters. The fraction of sp³-hybridized carbons (Fsp3) is 0.333. The Morgan fingerprint density at radius 1 is 0.812 bits per heavy atom. The first-order valence-corrected chi connectivity index (χ1v) is 10.6. The molecule has 0 aliphatic heterocycles. The molecule has 8 nitrogen and oxygen atoms in total. The van der Waals surface area contributed by atoms with Gasteiger partial charge in [-0.1, -0.05) is 6.07 Å². The molecular formula is C24H29N3O5. The van der Waals surface area contributed by atoms with Crippen molar-refractivity contribution < 1.29 is 23.8 Å². The molecule has 3 aromatic rings. The number of aryl methyl sites for hydroxylation is 2. The molecule has 8 heteroatoms. The summed E-state index contributed by atoms with van der Waals surface area (Å²) in [5.41, 5.74) is 8.56. The Morgan fingerprint density at radius 3 is 2.00 bits per heavy atom. The number of ether oxygens (including phenoxy) is 3. The molecule has 3 rings (SSSR count). The first-order chi connectivity index (χ1) is 15.4. The van der Waals surface area contributed by atoms with Gasteiger partial charge in [-0.3, -0.25) is 20.4 Å². The number of carbonyl (C=O) groups excluding carboxylic acids is 2. The maximum absolute atomic E-state index is 12.7. The number of hydrogen-bond donors (Lipinski definition) is 3. The number of hydrogen-bond acceptors (Lipinski definition) is 5. The molecule has 0 saturated heterocycles. The van der Waals surface area contributed by atoms with Crippen molar-refractivity contribution in [3.05, 3.63) is 52.7 Å². The number of benzene rings is 2. The van der Waals surface area contributed by atoms with Crippen LogP contribution in [0.4, 0.5) is 0 Å². The Kier molecular flexibility index (Phi) is 7.25. The Balaban J connectivity index is 1.79. The van der Waals surface area contributed by atoms with Gasteiger partial charge in [0.25, 0.3) is 11.8 Å². The second-order valence-electron chi connectivity index (χ2n) is 7.23. The molecule has 170 valence electrons. The number of aromatic nitrogens is 1. The molecule has 0 aliphatic rings. The zero-order chi connectivity index (χ0) is 23.3. The van der Waals surface area contributed by atoms with Gasteiger partial charge in [0.05, 0.1) is 19.8 Å². The van der Waals surface area contributed by atoms with Crippen molar-refractivity contribution in [3.63, 3.8) is 0 Å². The Labute approximate surface area is 187 Å². The fourth-order valence-corrected chi connectivity index (χ4v) is 3.49. The molecule has 2 aromatic carbocycles. The summed E-state index contributed by atoms with van der Waals surface area (Å²) >= 11 is 0. The van der Waals surface area contributed by atoms with Crippen molar-refractivity contribution in [2.45, 2.75) is 34.6 Å². The Bertz CT molecular complexity index is 1110. The third-order valence-electron chi connectivity index (χ3n) is 4.79. The third-order valence-corrected chi connectivity index (χ3v) is 4.79. The summed E-state index contributed by atoms with van der Waals surface area (Å²) in [6.45, 7) is 10.7. The molecular weight excluding hydrogens is 410 g/mol. The molecule has 0 fully saturated rings. The second-order valence-corrected chi connectivity index (χ2v) is 7.23. The van der Waals surface area contributed by atoms with E-state index in [0.717, 1.165) is 22.0 Å². The highest BCUT2D eigenvalue weighted by molar-refractivity contribution is 6.01. The van der Waals surface area contributed by atoms with E-state index in [1.165, 1.54) is 0 Å². The van der Waals surface area contributed by atoms with Crippen LogP contribution >= 0.6 is 0 Å². The van der Waals surface area contributed by atoms with E-state index in [1.807, 2.05) is 40.7 Å². The molecule has 2 amide bonds. The highest BCUT2D eigenvalue weighted by Crippen LogP contribution is 2.39. The zero-order valence-electron chi connectivity index (χ0n) is 19.0. The predicted octanol–water partition coefficient (Wildman–Crippen LogP) is 4.06. The predicted molar refractivity (Wildman–Crippen MR) is 123 cm³/mol. The van der Waals surface area contributed by atoms with E-state index >= 15 is 0 Å². The summed E-state index contributed by atoms with van der Waals surface area (Å²) in [6, 6.07) is 8.92. The lowest BCUT2D eigenvalue weighted by Gasteiger charge is -2.17. The topological polar surface area (TPSA) is 102 Å². The number of rotatable bonds is 8. The quantitative estimate of drug-likeness (QED) is 0.460. The van der Waals surface area contributed by atoms with Crippen LogP contribution in [0.15, 0.2) is 30.3 Å². The highest BCUT2D eigenvalue weighted by atomic mass is 16.5. The summed E-state index contributed by atoms with van der Waals surface area (Å²) in [5, 5.41) is 0.960. The molecule has 0 radical (unpaired) electrons. The van der Waals surface area contributed by atoms with Crippen LogP contribution < -0.4 is 25.1 Å². The van der Waals surface area contributed by atoms with Crippen LogP contribution in [0.2, 0.25) is 0 Å². The lowest BCUT2D eigenvalue weighted by molar-refractivity contribution is 0.0844. The molecule has 0 atom stereocenters. The average Bonchev–Trinajstić information content (AvgIpc) is 3.18. The minimum absolute atomic E-state index is 0.267. The van der Waals surface area contributed by atoms with E-state index in [1.54, 1.807) is 18.2 Å². The summed E-state index contributed by atoms with van der Waals surface area (Å²) in [4.78, 5) is 28.4. The molecule has 0 saturated carbocycles. The lowest BCUT2D eigenvalue weighted by Crippen LogP contribution is -2.41. The van der Waals surface area contributed by atoms with Gasteiger partial charge in [0.2, 0.25) is 5.75 Å². The van der Waals surface area contributed by atoms with Crippen LogP contribution in [0.25, 0.3) is 10.9 Å². The van der Waals surface area contributed by atoms with Crippen LogP contribution in [0.3, 0.4) is 0 Å². The summed E-state index contributed by atoms with van der Waals surface area (Å²) < 4.78 is 16.9. The van der Waals surface area contributed by atoms with Gasteiger partial charge in [-0.25, -0.2) is 0 Å². The SMILES string of the molecule is CCOc1cc(C(=O)NNC(=O)c2cc3c(C)cc(C)cc3[nH]2)cc(OCC)c1OCC. The molecule has 1 heterocycles. The van der Waals surface area contributed by atoms with E-state index in [-0.39, 0.29) is 5.56 Å². The van der Waals surface area contributed by atoms with Crippen molar-refractivity contribution in [3.8, 4) is 17.2 Å². The minimum Gasteiger partial charge on any atom is -0.490 e.